The molecule has 0 bridgehead atoms. The van der Waals surface area contributed by atoms with E-state index < -0.39 is 0 Å². The SMILES string of the molecule is CC1=c2cccc(C)c2=C(C)[N]1. The number of fused-ring (bicyclic) bond motifs is 1. The van der Waals surface area contributed by atoms with Gasteiger partial charge in [0.15, 0.2) is 0 Å². The van der Waals surface area contributed by atoms with Crippen LogP contribution in [0.5, 0.6) is 0 Å². The van der Waals surface area contributed by atoms with Crippen LogP contribution in [0.25, 0.3) is 11.4 Å². The van der Waals surface area contributed by atoms with E-state index in [9.17, 15) is 0 Å². The Morgan fingerprint density at radius 3 is 2.42 bits per heavy atom. The maximum absolute atomic E-state index is 4.45. The second-order valence-corrected chi connectivity index (χ2v) is 3.28. The summed E-state index contributed by atoms with van der Waals surface area (Å²) in [5.74, 6) is 0. The molecule has 0 N–H and O–H groups in total. The first-order valence-electron chi connectivity index (χ1n) is 4.19. The molecule has 1 radical (unpaired) electrons. The fourth-order valence-corrected chi connectivity index (χ4v) is 1.82. The van der Waals surface area contributed by atoms with Crippen molar-refractivity contribution in [3.8, 4) is 0 Å². The predicted molar refractivity (Wildman–Crippen MR) is 50.7 cm³/mol. The van der Waals surface area contributed by atoms with E-state index >= 15 is 0 Å². The summed E-state index contributed by atoms with van der Waals surface area (Å²) >= 11 is 0. The number of nitrogens with zero attached hydrogens (tertiary/aromatic N) is 1. The minimum atomic E-state index is 1.14. The first kappa shape index (κ1) is 7.41. The molecule has 0 aliphatic carbocycles. The fraction of sp³-hybridized carbons (Fsp3) is 0.273. The van der Waals surface area contributed by atoms with Crippen LogP contribution in [0.1, 0.15) is 19.4 Å². The van der Waals surface area contributed by atoms with Crippen LogP contribution in [0, 0.1) is 6.92 Å². The summed E-state index contributed by atoms with van der Waals surface area (Å²) in [5.41, 5.74) is 3.62. The summed E-state index contributed by atoms with van der Waals surface area (Å²) in [4.78, 5) is 0. The lowest BCUT2D eigenvalue weighted by Gasteiger charge is -1.93. The maximum atomic E-state index is 4.45. The highest BCUT2D eigenvalue weighted by Gasteiger charge is 2.07. The van der Waals surface area contributed by atoms with E-state index in [2.05, 4.69) is 44.3 Å². The largest absolute Gasteiger partial charge is 0.257 e. The van der Waals surface area contributed by atoms with Crippen LogP contribution in [0.4, 0.5) is 0 Å². The summed E-state index contributed by atoms with van der Waals surface area (Å²) in [6.45, 7) is 6.27. The van der Waals surface area contributed by atoms with E-state index in [1.54, 1.807) is 0 Å². The minimum absolute atomic E-state index is 1.14. The third-order valence-corrected chi connectivity index (χ3v) is 2.36. The van der Waals surface area contributed by atoms with Gasteiger partial charge in [0.2, 0.25) is 0 Å². The standard InChI is InChI=1S/C11H12N/c1-7-5-4-6-10-8(2)12-9(3)11(7)10/h4-6H,1-3H3. The molecule has 0 unspecified atom stereocenters. The average molecular weight is 158 g/mol. The van der Waals surface area contributed by atoms with Crippen LogP contribution >= 0.6 is 0 Å². The zero-order valence-electron chi connectivity index (χ0n) is 7.68. The lowest BCUT2D eigenvalue weighted by Crippen LogP contribution is -2.25. The van der Waals surface area contributed by atoms with Gasteiger partial charge in [-0.05, 0) is 26.3 Å². The van der Waals surface area contributed by atoms with E-state index in [0.29, 0.717) is 0 Å². The average Bonchev–Trinajstić information content (AvgIpc) is 2.29. The third kappa shape index (κ3) is 0.860. The van der Waals surface area contributed by atoms with E-state index in [-0.39, 0.29) is 0 Å². The van der Waals surface area contributed by atoms with Crippen molar-refractivity contribution in [1.29, 1.82) is 0 Å². The normalized spacial score (nSPS) is 14.6. The van der Waals surface area contributed by atoms with E-state index in [1.165, 1.54) is 16.0 Å². The van der Waals surface area contributed by atoms with Gasteiger partial charge in [0, 0.05) is 21.8 Å². The van der Waals surface area contributed by atoms with Crippen LogP contribution in [0.15, 0.2) is 18.2 Å². The van der Waals surface area contributed by atoms with Gasteiger partial charge < -0.3 is 0 Å². The number of benzene rings is 1. The van der Waals surface area contributed by atoms with E-state index in [4.69, 9.17) is 0 Å². The molecule has 0 spiro atoms. The van der Waals surface area contributed by atoms with Crippen molar-refractivity contribution in [1.82, 2.24) is 5.32 Å². The number of aryl methyl sites for hydroxylation is 1. The summed E-state index contributed by atoms with van der Waals surface area (Å²) in [5, 5.41) is 7.08. The van der Waals surface area contributed by atoms with Crippen molar-refractivity contribution >= 4 is 11.4 Å². The van der Waals surface area contributed by atoms with Gasteiger partial charge in [-0.25, -0.2) is 0 Å². The van der Waals surface area contributed by atoms with Gasteiger partial charge in [0.1, 0.15) is 0 Å². The monoisotopic (exact) mass is 158 g/mol. The molecule has 12 heavy (non-hydrogen) atoms. The Labute approximate surface area is 72.4 Å². The molecule has 2 rings (SSSR count). The molecule has 1 aromatic rings. The molecular formula is C11H12N. The smallest absolute Gasteiger partial charge is 0.0457 e. The van der Waals surface area contributed by atoms with Crippen molar-refractivity contribution in [2.75, 3.05) is 0 Å². The molecule has 0 atom stereocenters. The third-order valence-electron chi connectivity index (χ3n) is 2.36. The molecule has 1 nitrogen and oxygen atoms in total. The van der Waals surface area contributed by atoms with Crippen molar-refractivity contribution in [3.05, 3.63) is 34.2 Å². The van der Waals surface area contributed by atoms with Crippen molar-refractivity contribution in [3.63, 3.8) is 0 Å². The first-order valence-corrected chi connectivity index (χ1v) is 4.19. The second-order valence-electron chi connectivity index (χ2n) is 3.28. The Hall–Kier alpha value is -1.24. The Bertz CT molecular complexity index is 441. The van der Waals surface area contributed by atoms with Crippen LogP contribution in [-0.4, -0.2) is 0 Å². The summed E-state index contributed by atoms with van der Waals surface area (Å²) < 4.78 is 0. The Morgan fingerprint density at radius 1 is 1.00 bits per heavy atom. The predicted octanol–water partition coefficient (Wildman–Crippen LogP) is 0.869. The molecule has 0 saturated carbocycles. The Morgan fingerprint density at radius 2 is 1.75 bits per heavy atom. The minimum Gasteiger partial charge on any atom is -0.257 e. The molecule has 1 aromatic carbocycles. The summed E-state index contributed by atoms with van der Waals surface area (Å²) in [6, 6.07) is 6.36. The van der Waals surface area contributed by atoms with Crippen LogP contribution < -0.4 is 15.8 Å². The lowest BCUT2D eigenvalue weighted by molar-refractivity contribution is 1.20. The highest BCUT2D eigenvalue weighted by Crippen LogP contribution is 2.01. The molecule has 0 fully saturated rings. The van der Waals surface area contributed by atoms with Gasteiger partial charge >= 0.3 is 0 Å². The lowest BCUT2D eigenvalue weighted by atomic mass is 10.1. The van der Waals surface area contributed by atoms with Crippen molar-refractivity contribution < 1.29 is 0 Å². The van der Waals surface area contributed by atoms with E-state index in [1.807, 2.05) is 0 Å². The maximum Gasteiger partial charge on any atom is 0.0457 e. The molecule has 1 heteroatoms. The van der Waals surface area contributed by atoms with Crippen molar-refractivity contribution in [2.24, 2.45) is 0 Å². The summed E-state index contributed by atoms with van der Waals surface area (Å²) in [7, 11) is 0. The molecule has 0 saturated heterocycles. The van der Waals surface area contributed by atoms with Crippen LogP contribution in [0.2, 0.25) is 0 Å². The topological polar surface area (TPSA) is 14.1 Å². The zero-order valence-corrected chi connectivity index (χ0v) is 7.68. The number of hydrogen-bond acceptors (Lipinski definition) is 0. The van der Waals surface area contributed by atoms with Gasteiger partial charge in [-0.1, -0.05) is 18.2 Å². The van der Waals surface area contributed by atoms with Gasteiger partial charge in [-0.2, -0.15) is 0 Å². The van der Waals surface area contributed by atoms with E-state index in [0.717, 1.165) is 11.4 Å². The molecule has 1 aliphatic heterocycles. The molecule has 1 aliphatic rings. The highest BCUT2D eigenvalue weighted by atomic mass is 14.9. The van der Waals surface area contributed by atoms with Gasteiger partial charge in [-0.15, -0.1) is 0 Å². The summed E-state index contributed by atoms with van der Waals surface area (Å²) in [6.07, 6.45) is 0. The number of hydrogen-bond donors (Lipinski definition) is 0. The van der Waals surface area contributed by atoms with Crippen LogP contribution in [-0.2, 0) is 0 Å². The zero-order chi connectivity index (χ0) is 8.72. The number of rotatable bonds is 0. The second kappa shape index (κ2) is 2.37. The Kier molecular flexibility index (Phi) is 1.47. The highest BCUT2D eigenvalue weighted by molar-refractivity contribution is 5.62. The Balaban J connectivity index is 3.02. The quantitative estimate of drug-likeness (QED) is 0.532. The van der Waals surface area contributed by atoms with Crippen LogP contribution in [0.3, 0.4) is 0 Å². The van der Waals surface area contributed by atoms with Gasteiger partial charge in [0.05, 0.1) is 0 Å². The fourth-order valence-electron chi connectivity index (χ4n) is 1.82. The molecule has 0 aromatic heterocycles. The molecule has 61 valence electrons. The van der Waals surface area contributed by atoms with Crippen molar-refractivity contribution in [2.45, 2.75) is 20.8 Å². The van der Waals surface area contributed by atoms with Gasteiger partial charge in [0.25, 0.3) is 0 Å². The first-order chi connectivity index (χ1) is 5.70. The molecule has 1 heterocycles. The molecule has 0 amide bonds. The molecular weight excluding hydrogens is 146 g/mol. The van der Waals surface area contributed by atoms with Gasteiger partial charge in [-0.3, -0.25) is 5.32 Å².